The van der Waals surface area contributed by atoms with Crippen LogP contribution in [0.5, 0.6) is 17.2 Å². The summed E-state index contributed by atoms with van der Waals surface area (Å²) in [6, 6.07) is 22.6. The van der Waals surface area contributed by atoms with Crippen molar-refractivity contribution in [2.75, 3.05) is 19.0 Å². The number of ether oxygens (including phenoxy) is 2. The Morgan fingerprint density at radius 2 is 1.34 bits per heavy atom. The third-order valence-corrected chi connectivity index (χ3v) is 4.47. The third kappa shape index (κ3) is 5.13. The molecule has 0 aliphatic heterocycles. The maximum absolute atomic E-state index is 12.0. The van der Waals surface area contributed by atoms with Crippen LogP contribution in [0.25, 0.3) is 11.1 Å². The quantitative estimate of drug-likeness (QED) is 0.569. The molecule has 0 aromatic heterocycles. The highest BCUT2D eigenvalue weighted by molar-refractivity contribution is 5.97. The minimum atomic E-state index is -1.33. The Morgan fingerprint density at radius 1 is 0.897 bits per heavy atom. The summed E-state index contributed by atoms with van der Waals surface area (Å²) in [6.07, 6.45) is 0. The van der Waals surface area contributed by atoms with Crippen molar-refractivity contribution < 1.29 is 19.4 Å². The number of aliphatic hydroxyl groups excluding tert-OH is 1. The number of benzene rings is 3. The topological polar surface area (TPSA) is 93.8 Å². The lowest BCUT2D eigenvalue weighted by Gasteiger charge is -2.20. The number of carbonyl (C=O) groups excluding carboxylic acids is 1. The van der Waals surface area contributed by atoms with E-state index in [9.17, 15) is 4.79 Å². The predicted octanol–water partition coefficient (Wildman–Crippen LogP) is 3.80. The summed E-state index contributed by atoms with van der Waals surface area (Å²) in [5, 5.41) is 11.8. The van der Waals surface area contributed by atoms with Gasteiger partial charge in [-0.1, -0.05) is 24.3 Å². The Hall–Kier alpha value is -3.35. The number of hydrogen-bond acceptors (Lipinski definition) is 5. The lowest BCUT2D eigenvalue weighted by atomic mass is 10.0. The molecule has 3 aromatic carbocycles. The van der Waals surface area contributed by atoms with Crippen molar-refractivity contribution >= 4 is 11.6 Å². The predicted molar refractivity (Wildman–Crippen MR) is 113 cm³/mol. The summed E-state index contributed by atoms with van der Waals surface area (Å²) in [5.74, 6) is 1.70. The first kappa shape index (κ1) is 20.4. The van der Waals surface area contributed by atoms with Crippen LogP contribution in [-0.4, -0.2) is 30.3 Å². The molecule has 6 nitrogen and oxygen atoms in total. The zero-order chi connectivity index (χ0) is 20.9. The number of hydrogen-bond donors (Lipinski definition) is 3. The van der Waals surface area contributed by atoms with Crippen LogP contribution >= 0.6 is 0 Å². The Balaban J connectivity index is 1.63. The number of carbonyl (C=O) groups is 1. The van der Waals surface area contributed by atoms with Crippen LogP contribution in [0.3, 0.4) is 0 Å². The van der Waals surface area contributed by atoms with Gasteiger partial charge in [-0.25, -0.2) is 0 Å². The lowest BCUT2D eigenvalue weighted by Crippen LogP contribution is -2.51. The molecule has 0 fully saturated rings. The molecule has 6 heteroatoms. The van der Waals surface area contributed by atoms with Crippen LogP contribution in [0, 0.1) is 0 Å². The molecule has 0 aliphatic rings. The first-order valence-electron chi connectivity index (χ1n) is 9.15. The molecule has 1 unspecified atom stereocenters. The molecule has 1 amide bonds. The molecule has 0 radical (unpaired) electrons. The smallest absolute Gasteiger partial charge is 0.246 e. The SMILES string of the molecule is COc1ccc(-c2ccc(Oc3ccc(NC(=O)C(C)(N)CO)cc3)cc2)cc1. The van der Waals surface area contributed by atoms with Crippen LogP contribution in [-0.2, 0) is 4.79 Å². The molecule has 150 valence electrons. The number of methoxy groups -OCH3 is 1. The largest absolute Gasteiger partial charge is 0.497 e. The van der Waals surface area contributed by atoms with Crippen molar-refractivity contribution in [1.29, 1.82) is 0 Å². The van der Waals surface area contributed by atoms with Gasteiger partial charge in [0.15, 0.2) is 0 Å². The van der Waals surface area contributed by atoms with Crippen molar-refractivity contribution in [2.45, 2.75) is 12.5 Å². The van der Waals surface area contributed by atoms with Crippen molar-refractivity contribution in [2.24, 2.45) is 5.73 Å². The van der Waals surface area contributed by atoms with E-state index in [0.29, 0.717) is 17.2 Å². The van der Waals surface area contributed by atoms with Crippen molar-refractivity contribution in [3.8, 4) is 28.4 Å². The Labute approximate surface area is 169 Å². The van der Waals surface area contributed by atoms with Crippen LogP contribution in [0.15, 0.2) is 72.8 Å². The minimum absolute atomic E-state index is 0.438. The van der Waals surface area contributed by atoms with Gasteiger partial charge < -0.3 is 25.6 Å². The minimum Gasteiger partial charge on any atom is -0.497 e. The molecule has 3 aromatic rings. The molecule has 4 N–H and O–H groups in total. The van der Waals surface area contributed by atoms with Gasteiger partial charge in [0.2, 0.25) is 5.91 Å². The second-order valence-electron chi connectivity index (χ2n) is 6.91. The van der Waals surface area contributed by atoms with Crippen molar-refractivity contribution in [1.82, 2.24) is 0 Å². The van der Waals surface area contributed by atoms with Crippen LogP contribution in [0.4, 0.5) is 5.69 Å². The molecule has 1 atom stereocenters. The number of amides is 1. The van der Waals surface area contributed by atoms with E-state index in [-0.39, 0.29) is 0 Å². The van der Waals surface area contributed by atoms with Gasteiger partial charge in [-0.05, 0) is 66.6 Å². The molecule has 0 spiro atoms. The van der Waals surface area contributed by atoms with Crippen LogP contribution in [0.1, 0.15) is 6.92 Å². The van der Waals surface area contributed by atoms with E-state index in [1.165, 1.54) is 6.92 Å². The monoisotopic (exact) mass is 392 g/mol. The van der Waals surface area contributed by atoms with E-state index in [2.05, 4.69) is 5.32 Å². The maximum Gasteiger partial charge on any atom is 0.246 e. The summed E-state index contributed by atoms with van der Waals surface area (Å²) in [5.41, 5.74) is 7.12. The number of nitrogens with two attached hydrogens (primary N) is 1. The Morgan fingerprint density at radius 3 is 1.79 bits per heavy atom. The summed E-state index contributed by atoms with van der Waals surface area (Å²) in [4.78, 5) is 12.0. The van der Waals surface area contributed by atoms with E-state index >= 15 is 0 Å². The van der Waals surface area contributed by atoms with Gasteiger partial charge in [0.1, 0.15) is 22.8 Å². The Bertz CT molecular complexity index is 950. The van der Waals surface area contributed by atoms with Gasteiger partial charge in [-0.3, -0.25) is 4.79 Å². The third-order valence-electron chi connectivity index (χ3n) is 4.47. The molecule has 0 heterocycles. The van der Waals surface area contributed by atoms with Crippen molar-refractivity contribution in [3.63, 3.8) is 0 Å². The summed E-state index contributed by atoms with van der Waals surface area (Å²) >= 11 is 0. The second kappa shape index (κ2) is 8.77. The number of aliphatic hydroxyl groups is 1. The summed E-state index contributed by atoms with van der Waals surface area (Å²) in [7, 11) is 1.64. The highest BCUT2D eigenvalue weighted by Crippen LogP contribution is 2.27. The van der Waals surface area contributed by atoms with Crippen LogP contribution in [0.2, 0.25) is 0 Å². The second-order valence-corrected chi connectivity index (χ2v) is 6.91. The van der Waals surface area contributed by atoms with E-state index in [0.717, 1.165) is 16.9 Å². The maximum atomic E-state index is 12.0. The number of anilines is 1. The molecule has 0 bridgehead atoms. The highest BCUT2D eigenvalue weighted by Gasteiger charge is 2.27. The molecule has 0 saturated carbocycles. The molecule has 0 aliphatic carbocycles. The summed E-state index contributed by atoms with van der Waals surface area (Å²) < 4.78 is 11.0. The van der Waals surface area contributed by atoms with Gasteiger partial charge >= 0.3 is 0 Å². The van der Waals surface area contributed by atoms with Gasteiger partial charge in [0.25, 0.3) is 0 Å². The Kier molecular flexibility index (Phi) is 6.16. The van der Waals surface area contributed by atoms with Gasteiger partial charge in [-0.2, -0.15) is 0 Å². The first-order chi connectivity index (χ1) is 13.9. The molecule has 3 rings (SSSR count). The van der Waals surface area contributed by atoms with Gasteiger partial charge in [-0.15, -0.1) is 0 Å². The average molecular weight is 392 g/mol. The number of nitrogens with one attached hydrogen (secondary N) is 1. The fraction of sp³-hybridized carbons (Fsp3) is 0.174. The lowest BCUT2D eigenvalue weighted by molar-refractivity contribution is -0.121. The van der Waals surface area contributed by atoms with E-state index in [1.54, 1.807) is 31.4 Å². The zero-order valence-corrected chi connectivity index (χ0v) is 16.4. The van der Waals surface area contributed by atoms with Crippen molar-refractivity contribution in [3.05, 3.63) is 72.8 Å². The first-order valence-corrected chi connectivity index (χ1v) is 9.15. The highest BCUT2D eigenvalue weighted by atomic mass is 16.5. The summed E-state index contributed by atoms with van der Waals surface area (Å²) in [6.45, 7) is 1.03. The molecule has 0 saturated heterocycles. The van der Waals surface area contributed by atoms with E-state index in [4.69, 9.17) is 20.3 Å². The molecular weight excluding hydrogens is 368 g/mol. The average Bonchev–Trinajstić information content (AvgIpc) is 2.75. The molecular formula is C23H24N2O4. The van der Waals surface area contributed by atoms with E-state index in [1.807, 2.05) is 48.5 Å². The fourth-order valence-corrected chi connectivity index (χ4v) is 2.59. The standard InChI is InChI=1S/C23H24N2O4/c1-23(24,15-26)22(27)25-18-7-13-21(14-8-18)29-20-11-5-17(6-12-20)16-3-9-19(28-2)10-4-16/h3-14,26H,15,24H2,1-2H3,(H,25,27). The zero-order valence-electron chi connectivity index (χ0n) is 16.4. The van der Waals surface area contributed by atoms with Gasteiger partial charge in [0.05, 0.1) is 13.7 Å². The van der Waals surface area contributed by atoms with E-state index < -0.39 is 18.1 Å². The van der Waals surface area contributed by atoms with Gasteiger partial charge in [0, 0.05) is 5.69 Å². The fourth-order valence-electron chi connectivity index (χ4n) is 2.59. The number of rotatable bonds is 7. The normalized spacial score (nSPS) is 12.7. The van der Waals surface area contributed by atoms with Crippen LogP contribution < -0.4 is 20.5 Å². The molecule has 29 heavy (non-hydrogen) atoms.